The van der Waals surface area contributed by atoms with Gasteiger partial charge in [0, 0.05) is 27.6 Å². The Balaban J connectivity index is 2.02. The van der Waals surface area contributed by atoms with Crippen LogP contribution in [0.5, 0.6) is 0 Å². The highest BCUT2D eigenvalue weighted by Gasteiger charge is 2.07. The Hall–Kier alpha value is -0.900. The van der Waals surface area contributed by atoms with E-state index in [4.69, 9.17) is 11.6 Å². The van der Waals surface area contributed by atoms with E-state index in [1.807, 2.05) is 31.2 Å². The highest BCUT2D eigenvalue weighted by molar-refractivity contribution is 9.10. The van der Waals surface area contributed by atoms with Crippen LogP contribution in [0.3, 0.4) is 0 Å². The topological polar surface area (TPSA) is 12.0 Å². The average Bonchev–Trinajstić information content (AvgIpc) is 2.40. The average molecular weight is 343 g/mol. The summed E-state index contributed by atoms with van der Waals surface area (Å²) in [6.45, 7) is 2.52. The van der Waals surface area contributed by atoms with Crippen molar-refractivity contribution < 1.29 is 4.39 Å². The van der Waals surface area contributed by atoms with Gasteiger partial charge in [0.1, 0.15) is 5.82 Å². The van der Waals surface area contributed by atoms with Crippen molar-refractivity contribution in [3.8, 4) is 0 Å². The normalized spacial score (nSPS) is 12.4. The van der Waals surface area contributed by atoms with E-state index in [2.05, 4.69) is 21.2 Å². The van der Waals surface area contributed by atoms with Gasteiger partial charge in [-0.05, 0) is 42.8 Å². The summed E-state index contributed by atoms with van der Waals surface area (Å²) in [6.07, 6.45) is 0. The predicted molar refractivity (Wildman–Crippen MR) is 80.8 cm³/mol. The van der Waals surface area contributed by atoms with E-state index < -0.39 is 0 Å². The van der Waals surface area contributed by atoms with Crippen LogP contribution in [0.1, 0.15) is 24.1 Å². The number of rotatable bonds is 4. The molecule has 2 aromatic rings. The maximum atomic E-state index is 13.6. The molecule has 0 saturated carbocycles. The zero-order valence-electron chi connectivity index (χ0n) is 10.5. The van der Waals surface area contributed by atoms with Crippen LogP contribution < -0.4 is 5.32 Å². The van der Waals surface area contributed by atoms with Crippen molar-refractivity contribution in [1.29, 1.82) is 0 Å². The summed E-state index contributed by atoms with van der Waals surface area (Å²) < 4.78 is 14.5. The van der Waals surface area contributed by atoms with Crippen LogP contribution in [-0.4, -0.2) is 0 Å². The van der Waals surface area contributed by atoms with Crippen LogP contribution in [-0.2, 0) is 6.54 Å². The molecular formula is C15H14BrClFN. The molecule has 4 heteroatoms. The molecule has 1 unspecified atom stereocenters. The van der Waals surface area contributed by atoms with Crippen LogP contribution in [0.25, 0.3) is 0 Å². The summed E-state index contributed by atoms with van der Waals surface area (Å²) in [5.74, 6) is -0.195. The maximum absolute atomic E-state index is 13.6. The van der Waals surface area contributed by atoms with Crippen molar-refractivity contribution in [3.63, 3.8) is 0 Å². The van der Waals surface area contributed by atoms with Gasteiger partial charge in [-0.2, -0.15) is 0 Å². The molecule has 0 bridgehead atoms. The predicted octanol–water partition coefficient (Wildman–Crippen LogP) is 5.09. The molecule has 1 nitrogen and oxygen atoms in total. The first-order chi connectivity index (χ1) is 9.06. The van der Waals surface area contributed by atoms with E-state index >= 15 is 0 Å². The number of hydrogen-bond donors (Lipinski definition) is 1. The third-order valence-electron chi connectivity index (χ3n) is 2.98. The molecule has 1 N–H and O–H groups in total. The molecule has 1 atom stereocenters. The number of hydrogen-bond acceptors (Lipinski definition) is 1. The van der Waals surface area contributed by atoms with Gasteiger partial charge in [0.25, 0.3) is 0 Å². The van der Waals surface area contributed by atoms with Crippen molar-refractivity contribution in [2.24, 2.45) is 0 Å². The Morgan fingerprint density at radius 3 is 2.58 bits per heavy atom. The lowest BCUT2D eigenvalue weighted by Crippen LogP contribution is -2.18. The second-order valence-electron chi connectivity index (χ2n) is 4.39. The first kappa shape index (κ1) is 14.5. The minimum atomic E-state index is -0.195. The molecule has 19 heavy (non-hydrogen) atoms. The summed E-state index contributed by atoms with van der Waals surface area (Å²) in [6, 6.07) is 12.7. The van der Waals surface area contributed by atoms with Gasteiger partial charge in [-0.1, -0.05) is 39.7 Å². The molecule has 0 saturated heterocycles. The third kappa shape index (κ3) is 4.03. The highest BCUT2D eigenvalue weighted by Crippen LogP contribution is 2.19. The van der Waals surface area contributed by atoms with Gasteiger partial charge in [0.2, 0.25) is 0 Å². The quantitative estimate of drug-likeness (QED) is 0.816. The van der Waals surface area contributed by atoms with Crippen LogP contribution in [0.2, 0.25) is 5.02 Å². The molecule has 0 spiro atoms. The van der Waals surface area contributed by atoms with Crippen LogP contribution in [0.4, 0.5) is 4.39 Å². The molecule has 0 aliphatic carbocycles. The second kappa shape index (κ2) is 6.51. The van der Waals surface area contributed by atoms with Crippen LogP contribution >= 0.6 is 27.5 Å². The summed E-state index contributed by atoms with van der Waals surface area (Å²) in [5, 5.41) is 4.02. The van der Waals surface area contributed by atoms with Crippen LogP contribution in [0.15, 0.2) is 46.9 Å². The van der Waals surface area contributed by atoms with E-state index in [1.165, 1.54) is 6.07 Å². The van der Waals surface area contributed by atoms with Crippen LogP contribution in [0, 0.1) is 5.82 Å². The van der Waals surface area contributed by atoms with Gasteiger partial charge in [0.15, 0.2) is 0 Å². The molecule has 0 aromatic heterocycles. The number of halogens is 3. The van der Waals surface area contributed by atoms with Gasteiger partial charge in [-0.25, -0.2) is 4.39 Å². The molecule has 2 rings (SSSR count). The van der Waals surface area contributed by atoms with Crippen molar-refractivity contribution in [1.82, 2.24) is 5.32 Å². The van der Waals surface area contributed by atoms with E-state index in [0.29, 0.717) is 17.1 Å². The van der Waals surface area contributed by atoms with Crippen molar-refractivity contribution in [2.75, 3.05) is 0 Å². The zero-order chi connectivity index (χ0) is 13.8. The molecule has 0 aliphatic heterocycles. The van der Waals surface area contributed by atoms with Gasteiger partial charge in [-0.15, -0.1) is 0 Å². The van der Waals surface area contributed by atoms with Gasteiger partial charge in [0.05, 0.1) is 0 Å². The summed E-state index contributed by atoms with van der Waals surface area (Å²) >= 11 is 9.20. The molecule has 0 amide bonds. The van der Waals surface area contributed by atoms with E-state index in [1.54, 1.807) is 12.1 Å². The lowest BCUT2D eigenvalue weighted by molar-refractivity contribution is 0.544. The maximum Gasteiger partial charge on any atom is 0.127 e. The Kier molecular flexibility index (Phi) is 4.97. The van der Waals surface area contributed by atoms with E-state index in [-0.39, 0.29) is 11.9 Å². The number of nitrogens with one attached hydrogen (secondary N) is 1. The second-order valence-corrected chi connectivity index (χ2v) is 5.74. The van der Waals surface area contributed by atoms with E-state index in [0.717, 1.165) is 10.0 Å². The minimum absolute atomic E-state index is 0.135. The van der Waals surface area contributed by atoms with Crippen molar-refractivity contribution in [3.05, 3.63) is 68.9 Å². The fourth-order valence-corrected chi connectivity index (χ4v) is 2.35. The highest BCUT2D eigenvalue weighted by atomic mass is 79.9. The summed E-state index contributed by atoms with van der Waals surface area (Å²) in [7, 11) is 0. The molecule has 0 heterocycles. The first-order valence-electron chi connectivity index (χ1n) is 5.99. The van der Waals surface area contributed by atoms with E-state index in [9.17, 15) is 4.39 Å². The van der Waals surface area contributed by atoms with Gasteiger partial charge in [-0.3, -0.25) is 0 Å². The standard InChI is InChI=1S/C15H14BrClFN/c1-10(11-2-5-14(17)6-3-11)19-9-12-8-13(16)4-7-15(12)18/h2-8,10,19H,9H2,1H3. The van der Waals surface area contributed by atoms with Crippen molar-refractivity contribution >= 4 is 27.5 Å². The fraction of sp³-hybridized carbons (Fsp3) is 0.200. The smallest absolute Gasteiger partial charge is 0.127 e. The monoisotopic (exact) mass is 341 g/mol. The van der Waals surface area contributed by atoms with Gasteiger partial charge >= 0.3 is 0 Å². The molecule has 100 valence electrons. The molecule has 0 aliphatic rings. The lowest BCUT2D eigenvalue weighted by Gasteiger charge is -2.15. The fourth-order valence-electron chi connectivity index (χ4n) is 1.81. The molecule has 0 fully saturated rings. The largest absolute Gasteiger partial charge is 0.306 e. The SMILES string of the molecule is CC(NCc1cc(Br)ccc1F)c1ccc(Cl)cc1. The van der Waals surface area contributed by atoms with Crippen molar-refractivity contribution in [2.45, 2.75) is 19.5 Å². The Morgan fingerprint density at radius 2 is 1.89 bits per heavy atom. The first-order valence-corrected chi connectivity index (χ1v) is 7.16. The third-order valence-corrected chi connectivity index (χ3v) is 3.72. The van der Waals surface area contributed by atoms with Gasteiger partial charge < -0.3 is 5.32 Å². The number of benzene rings is 2. The Labute approximate surface area is 125 Å². The minimum Gasteiger partial charge on any atom is -0.306 e. The molecule has 0 radical (unpaired) electrons. The molecule has 2 aromatic carbocycles. The Morgan fingerprint density at radius 1 is 1.21 bits per heavy atom. The Bertz CT molecular complexity index is 557. The summed E-state index contributed by atoms with van der Waals surface area (Å²) in [5.41, 5.74) is 1.77. The molecular weight excluding hydrogens is 329 g/mol. The summed E-state index contributed by atoms with van der Waals surface area (Å²) in [4.78, 5) is 0. The lowest BCUT2D eigenvalue weighted by atomic mass is 10.1. The zero-order valence-corrected chi connectivity index (χ0v) is 12.8.